The van der Waals surface area contributed by atoms with Crippen LogP contribution >= 0.6 is 0 Å². The second-order valence-corrected chi connectivity index (χ2v) is 5.67. The predicted octanol–water partition coefficient (Wildman–Crippen LogP) is 2.35. The van der Waals surface area contributed by atoms with Crippen molar-refractivity contribution in [3.05, 3.63) is 0 Å². The highest BCUT2D eigenvalue weighted by Gasteiger charge is 2.25. The van der Waals surface area contributed by atoms with E-state index in [0.29, 0.717) is 6.04 Å². The number of hydrogen-bond acceptors (Lipinski definition) is 2. The Labute approximate surface area is 95.4 Å². The Morgan fingerprint density at radius 3 is 2.20 bits per heavy atom. The second-order valence-electron chi connectivity index (χ2n) is 5.67. The van der Waals surface area contributed by atoms with Gasteiger partial charge in [0.05, 0.1) is 0 Å². The van der Waals surface area contributed by atoms with Crippen molar-refractivity contribution in [1.29, 1.82) is 0 Å². The molecule has 15 heavy (non-hydrogen) atoms. The third kappa shape index (κ3) is 4.12. The van der Waals surface area contributed by atoms with Crippen molar-refractivity contribution in [2.75, 3.05) is 20.1 Å². The highest BCUT2D eigenvalue weighted by Crippen LogP contribution is 2.23. The van der Waals surface area contributed by atoms with Crippen LogP contribution in [0, 0.1) is 11.8 Å². The van der Waals surface area contributed by atoms with E-state index in [1.54, 1.807) is 0 Å². The standard InChI is InChI=1S/C13H28N2/c1-10-6-11(2)9-15(8-10)13(4)7-12(3)14-5/h10-14H,6-9H2,1-5H3. The molecule has 1 aliphatic heterocycles. The van der Waals surface area contributed by atoms with Crippen LogP contribution in [0.5, 0.6) is 0 Å². The molecule has 0 amide bonds. The molecule has 1 N–H and O–H groups in total. The minimum absolute atomic E-state index is 0.632. The summed E-state index contributed by atoms with van der Waals surface area (Å²) in [6, 6.07) is 1.35. The maximum absolute atomic E-state index is 3.33. The monoisotopic (exact) mass is 212 g/mol. The Morgan fingerprint density at radius 1 is 1.20 bits per heavy atom. The summed E-state index contributed by atoms with van der Waals surface area (Å²) in [6.07, 6.45) is 2.67. The fraction of sp³-hybridized carbons (Fsp3) is 1.00. The van der Waals surface area contributed by atoms with E-state index in [9.17, 15) is 0 Å². The number of nitrogens with one attached hydrogen (secondary N) is 1. The SMILES string of the molecule is CNC(C)CC(C)N1CC(C)CC(C)C1. The summed E-state index contributed by atoms with van der Waals surface area (Å²) >= 11 is 0. The molecule has 1 heterocycles. The molecule has 1 aliphatic rings. The molecule has 90 valence electrons. The molecule has 0 saturated carbocycles. The van der Waals surface area contributed by atoms with Gasteiger partial charge in [-0.3, -0.25) is 0 Å². The van der Waals surface area contributed by atoms with Gasteiger partial charge in [0.2, 0.25) is 0 Å². The molecule has 2 nitrogen and oxygen atoms in total. The molecule has 0 aromatic rings. The van der Waals surface area contributed by atoms with Crippen LogP contribution in [0.3, 0.4) is 0 Å². The molecule has 1 fully saturated rings. The topological polar surface area (TPSA) is 15.3 Å². The molecule has 0 aromatic carbocycles. The van der Waals surface area contributed by atoms with Gasteiger partial charge in [0.25, 0.3) is 0 Å². The average Bonchev–Trinajstić information content (AvgIpc) is 2.16. The smallest absolute Gasteiger partial charge is 0.00818 e. The van der Waals surface area contributed by atoms with Crippen LogP contribution in [0.15, 0.2) is 0 Å². The van der Waals surface area contributed by atoms with Crippen molar-refractivity contribution >= 4 is 0 Å². The molecule has 0 spiro atoms. The zero-order chi connectivity index (χ0) is 11.4. The van der Waals surface area contributed by atoms with E-state index in [2.05, 4.69) is 45.0 Å². The number of likely N-dealkylation sites (tertiary alicyclic amines) is 1. The Hall–Kier alpha value is -0.0800. The summed E-state index contributed by atoms with van der Waals surface area (Å²) in [4.78, 5) is 2.67. The Kier molecular flexibility index (Phi) is 5.07. The molecule has 2 heteroatoms. The van der Waals surface area contributed by atoms with Crippen molar-refractivity contribution < 1.29 is 0 Å². The van der Waals surface area contributed by atoms with Crippen LogP contribution in [0.1, 0.15) is 40.5 Å². The van der Waals surface area contributed by atoms with E-state index in [4.69, 9.17) is 0 Å². The third-order valence-electron chi connectivity index (χ3n) is 3.71. The molecule has 0 aromatic heterocycles. The lowest BCUT2D eigenvalue weighted by molar-refractivity contribution is 0.0947. The minimum Gasteiger partial charge on any atom is -0.317 e. The van der Waals surface area contributed by atoms with Gasteiger partial charge in [0, 0.05) is 25.2 Å². The summed E-state index contributed by atoms with van der Waals surface area (Å²) in [5.41, 5.74) is 0. The lowest BCUT2D eigenvalue weighted by atomic mass is 9.90. The van der Waals surface area contributed by atoms with Crippen LogP contribution in [0.25, 0.3) is 0 Å². The summed E-state index contributed by atoms with van der Waals surface area (Å²) in [5.74, 6) is 1.75. The van der Waals surface area contributed by atoms with Gasteiger partial charge in [-0.25, -0.2) is 0 Å². The van der Waals surface area contributed by atoms with Gasteiger partial charge in [-0.15, -0.1) is 0 Å². The van der Waals surface area contributed by atoms with Gasteiger partial charge in [-0.05, 0) is 45.6 Å². The van der Waals surface area contributed by atoms with Crippen LogP contribution in [-0.2, 0) is 0 Å². The predicted molar refractivity (Wildman–Crippen MR) is 67.1 cm³/mol. The van der Waals surface area contributed by atoms with Gasteiger partial charge in [0.1, 0.15) is 0 Å². The molecule has 4 unspecified atom stereocenters. The zero-order valence-corrected chi connectivity index (χ0v) is 11.1. The molecule has 0 bridgehead atoms. The zero-order valence-electron chi connectivity index (χ0n) is 11.1. The number of nitrogens with zero attached hydrogens (tertiary/aromatic N) is 1. The highest BCUT2D eigenvalue weighted by atomic mass is 15.2. The van der Waals surface area contributed by atoms with E-state index in [1.807, 2.05) is 0 Å². The normalized spacial score (nSPS) is 32.6. The van der Waals surface area contributed by atoms with E-state index in [0.717, 1.165) is 17.9 Å². The molecule has 4 atom stereocenters. The van der Waals surface area contributed by atoms with Gasteiger partial charge in [0.15, 0.2) is 0 Å². The van der Waals surface area contributed by atoms with E-state index in [1.165, 1.54) is 25.9 Å². The largest absolute Gasteiger partial charge is 0.317 e. The number of piperidine rings is 1. The first-order valence-electron chi connectivity index (χ1n) is 6.44. The Bertz CT molecular complexity index is 171. The van der Waals surface area contributed by atoms with Crippen LogP contribution in [-0.4, -0.2) is 37.1 Å². The minimum atomic E-state index is 0.632. The lowest BCUT2D eigenvalue weighted by Gasteiger charge is -2.39. The first kappa shape index (κ1) is 13.0. The highest BCUT2D eigenvalue weighted by molar-refractivity contribution is 4.80. The van der Waals surface area contributed by atoms with Crippen molar-refractivity contribution in [2.45, 2.75) is 52.6 Å². The molecular formula is C13H28N2. The summed E-state index contributed by atoms with van der Waals surface area (Å²) in [7, 11) is 2.05. The van der Waals surface area contributed by atoms with Crippen LogP contribution < -0.4 is 5.32 Å². The first-order chi connectivity index (χ1) is 7.02. The van der Waals surface area contributed by atoms with Crippen molar-refractivity contribution in [1.82, 2.24) is 10.2 Å². The third-order valence-corrected chi connectivity index (χ3v) is 3.71. The van der Waals surface area contributed by atoms with Gasteiger partial charge < -0.3 is 10.2 Å². The maximum Gasteiger partial charge on any atom is 0.00818 e. The summed E-state index contributed by atoms with van der Waals surface area (Å²) < 4.78 is 0. The van der Waals surface area contributed by atoms with E-state index >= 15 is 0 Å². The molecular weight excluding hydrogens is 184 g/mol. The van der Waals surface area contributed by atoms with Crippen LogP contribution in [0.2, 0.25) is 0 Å². The van der Waals surface area contributed by atoms with Gasteiger partial charge in [-0.2, -0.15) is 0 Å². The van der Waals surface area contributed by atoms with Gasteiger partial charge in [-0.1, -0.05) is 13.8 Å². The second kappa shape index (κ2) is 5.86. The summed E-state index contributed by atoms with van der Waals surface area (Å²) in [6.45, 7) is 12.0. The fourth-order valence-electron chi connectivity index (χ4n) is 2.85. The summed E-state index contributed by atoms with van der Waals surface area (Å²) in [5, 5.41) is 3.33. The van der Waals surface area contributed by atoms with E-state index in [-0.39, 0.29) is 0 Å². The average molecular weight is 212 g/mol. The van der Waals surface area contributed by atoms with Gasteiger partial charge >= 0.3 is 0 Å². The van der Waals surface area contributed by atoms with E-state index < -0.39 is 0 Å². The molecule has 0 radical (unpaired) electrons. The Morgan fingerprint density at radius 2 is 1.73 bits per heavy atom. The van der Waals surface area contributed by atoms with Crippen molar-refractivity contribution in [3.63, 3.8) is 0 Å². The van der Waals surface area contributed by atoms with Crippen molar-refractivity contribution in [2.24, 2.45) is 11.8 Å². The Balaban J connectivity index is 2.40. The first-order valence-corrected chi connectivity index (χ1v) is 6.44. The number of hydrogen-bond donors (Lipinski definition) is 1. The number of rotatable bonds is 4. The van der Waals surface area contributed by atoms with Crippen LogP contribution in [0.4, 0.5) is 0 Å². The quantitative estimate of drug-likeness (QED) is 0.769. The molecule has 1 rings (SSSR count). The fourth-order valence-corrected chi connectivity index (χ4v) is 2.85. The molecule has 1 saturated heterocycles. The molecule has 0 aliphatic carbocycles. The maximum atomic E-state index is 3.33. The lowest BCUT2D eigenvalue weighted by Crippen LogP contribution is -2.45. The van der Waals surface area contributed by atoms with Crippen molar-refractivity contribution in [3.8, 4) is 0 Å².